The Morgan fingerprint density at radius 1 is 1.36 bits per heavy atom. The van der Waals surface area contributed by atoms with E-state index in [9.17, 15) is 8.42 Å². The fourth-order valence-electron chi connectivity index (χ4n) is 1.58. The summed E-state index contributed by atoms with van der Waals surface area (Å²) in [6, 6.07) is 0. The summed E-state index contributed by atoms with van der Waals surface area (Å²) in [6.45, 7) is 5.91. The van der Waals surface area contributed by atoms with Crippen molar-refractivity contribution in [2.24, 2.45) is 5.92 Å². The van der Waals surface area contributed by atoms with E-state index in [0.29, 0.717) is 25.6 Å². The molecular formula is C9H20N2O2S. The predicted octanol–water partition coefficient (Wildman–Crippen LogP) is 0.915. The van der Waals surface area contributed by atoms with Crippen LogP contribution >= 0.6 is 0 Å². The molecule has 0 bridgehead atoms. The summed E-state index contributed by atoms with van der Waals surface area (Å²) in [5.74, 6) is 0.661. The number of rotatable bonds is 3. The molecular weight excluding hydrogens is 200 g/mol. The van der Waals surface area contributed by atoms with Gasteiger partial charge in [0.1, 0.15) is 0 Å². The van der Waals surface area contributed by atoms with Gasteiger partial charge in [-0.05, 0) is 18.8 Å². The normalized spacial score (nSPS) is 21.7. The average Bonchev–Trinajstić information content (AvgIpc) is 2.17. The quantitative estimate of drug-likeness (QED) is 0.709. The Hall–Kier alpha value is -0.130. The molecule has 4 nitrogen and oxygen atoms in total. The molecule has 0 aromatic rings. The Morgan fingerprint density at radius 3 is 2.29 bits per heavy atom. The lowest BCUT2D eigenvalue weighted by Crippen LogP contribution is -2.45. The van der Waals surface area contributed by atoms with Crippen molar-refractivity contribution in [1.29, 1.82) is 0 Å². The van der Waals surface area contributed by atoms with Gasteiger partial charge in [-0.25, -0.2) is 0 Å². The maximum Gasteiger partial charge on any atom is 0.281 e. The van der Waals surface area contributed by atoms with Gasteiger partial charge in [-0.1, -0.05) is 13.8 Å². The third kappa shape index (κ3) is 2.46. The Kier molecular flexibility index (Phi) is 3.92. The maximum absolute atomic E-state index is 11.9. The van der Waals surface area contributed by atoms with Crippen molar-refractivity contribution in [1.82, 2.24) is 8.61 Å². The first kappa shape index (κ1) is 11.9. The molecule has 0 N–H and O–H groups in total. The Labute approximate surface area is 87.1 Å². The summed E-state index contributed by atoms with van der Waals surface area (Å²) in [4.78, 5) is 0. The lowest BCUT2D eigenvalue weighted by molar-refractivity contribution is 0.272. The van der Waals surface area contributed by atoms with Crippen LogP contribution in [-0.4, -0.2) is 43.7 Å². The highest BCUT2D eigenvalue weighted by molar-refractivity contribution is 7.86. The molecule has 84 valence electrons. The van der Waals surface area contributed by atoms with Gasteiger partial charge >= 0.3 is 0 Å². The highest BCUT2D eigenvalue weighted by Crippen LogP contribution is 2.19. The highest BCUT2D eigenvalue weighted by atomic mass is 32.2. The number of piperidine rings is 1. The van der Waals surface area contributed by atoms with E-state index in [-0.39, 0.29) is 0 Å². The molecule has 0 radical (unpaired) electrons. The van der Waals surface area contributed by atoms with E-state index < -0.39 is 10.2 Å². The Balaban J connectivity index is 2.65. The first-order valence-electron chi connectivity index (χ1n) is 5.20. The van der Waals surface area contributed by atoms with Crippen LogP contribution in [0.15, 0.2) is 0 Å². The molecule has 1 saturated heterocycles. The van der Waals surface area contributed by atoms with Crippen LogP contribution in [0, 0.1) is 5.92 Å². The largest absolute Gasteiger partial charge is 0.281 e. The molecule has 5 heteroatoms. The molecule has 1 aliphatic rings. The summed E-state index contributed by atoms with van der Waals surface area (Å²) in [5, 5.41) is 0. The van der Waals surface area contributed by atoms with Gasteiger partial charge in [0.05, 0.1) is 0 Å². The van der Waals surface area contributed by atoms with Gasteiger partial charge < -0.3 is 0 Å². The van der Waals surface area contributed by atoms with Gasteiger partial charge in [0.2, 0.25) is 0 Å². The minimum absolute atomic E-state index is 0.536. The maximum atomic E-state index is 11.9. The van der Waals surface area contributed by atoms with E-state index in [1.54, 1.807) is 11.4 Å². The van der Waals surface area contributed by atoms with Crippen LogP contribution < -0.4 is 0 Å². The zero-order valence-electron chi connectivity index (χ0n) is 9.23. The van der Waals surface area contributed by atoms with Crippen LogP contribution in [0.25, 0.3) is 0 Å². The van der Waals surface area contributed by atoms with Gasteiger partial charge in [0.15, 0.2) is 0 Å². The number of hydrogen-bond donors (Lipinski definition) is 0. The first-order valence-corrected chi connectivity index (χ1v) is 6.59. The van der Waals surface area contributed by atoms with Gasteiger partial charge in [0, 0.05) is 26.7 Å². The second-order valence-corrected chi connectivity index (χ2v) is 6.04. The third-order valence-corrected chi connectivity index (χ3v) is 4.97. The molecule has 0 spiro atoms. The van der Waals surface area contributed by atoms with E-state index >= 15 is 0 Å². The Morgan fingerprint density at radius 2 is 1.86 bits per heavy atom. The highest BCUT2D eigenvalue weighted by Gasteiger charge is 2.28. The Bertz CT molecular complexity index is 269. The third-order valence-electron chi connectivity index (χ3n) is 2.91. The van der Waals surface area contributed by atoms with Crippen LogP contribution in [0.4, 0.5) is 0 Å². The van der Waals surface area contributed by atoms with E-state index in [1.807, 2.05) is 6.92 Å². The van der Waals surface area contributed by atoms with Crippen molar-refractivity contribution < 1.29 is 8.42 Å². The SMILES string of the molecule is CCN(C)S(=O)(=O)N1CCC(C)CC1. The summed E-state index contributed by atoms with van der Waals surface area (Å²) in [6.07, 6.45) is 1.97. The molecule has 0 amide bonds. The molecule has 0 aliphatic carbocycles. The molecule has 14 heavy (non-hydrogen) atoms. The molecule has 0 atom stereocenters. The van der Waals surface area contributed by atoms with Crippen molar-refractivity contribution in [3.8, 4) is 0 Å². The van der Waals surface area contributed by atoms with Gasteiger partial charge in [-0.3, -0.25) is 0 Å². The smallest absolute Gasteiger partial charge is 0.195 e. The van der Waals surface area contributed by atoms with Gasteiger partial charge in [0.25, 0.3) is 10.2 Å². The van der Waals surface area contributed by atoms with E-state index in [1.165, 1.54) is 4.31 Å². The minimum Gasteiger partial charge on any atom is -0.195 e. The zero-order valence-corrected chi connectivity index (χ0v) is 10.0. The van der Waals surface area contributed by atoms with Crippen molar-refractivity contribution in [2.75, 3.05) is 26.7 Å². The van der Waals surface area contributed by atoms with Crippen molar-refractivity contribution >= 4 is 10.2 Å². The summed E-state index contributed by atoms with van der Waals surface area (Å²) >= 11 is 0. The average molecular weight is 220 g/mol. The topological polar surface area (TPSA) is 40.6 Å². The summed E-state index contributed by atoms with van der Waals surface area (Å²) in [5.41, 5.74) is 0. The second kappa shape index (κ2) is 4.59. The van der Waals surface area contributed by atoms with Gasteiger partial charge in [-0.2, -0.15) is 17.0 Å². The van der Waals surface area contributed by atoms with Crippen LogP contribution in [0.1, 0.15) is 26.7 Å². The number of nitrogens with zero attached hydrogens (tertiary/aromatic N) is 2. The fourth-order valence-corrected chi connectivity index (χ4v) is 2.97. The molecule has 0 aromatic carbocycles. The lowest BCUT2D eigenvalue weighted by Gasteiger charge is -2.32. The van der Waals surface area contributed by atoms with Crippen LogP contribution in [0.3, 0.4) is 0 Å². The molecule has 1 aliphatic heterocycles. The van der Waals surface area contributed by atoms with Crippen molar-refractivity contribution in [3.63, 3.8) is 0 Å². The molecule has 0 unspecified atom stereocenters. The molecule has 0 aromatic heterocycles. The monoisotopic (exact) mass is 220 g/mol. The van der Waals surface area contributed by atoms with Crippen molar-refractivity contribution in [2.45, 2.75) is 26.7 Å². The van der Waals surface area contributed by atoms with Crippen LogP contribution in [-0.2, 0) is 10.2 Å². The summed E-state index contributed by atoms with van der Waals surface area (Å²) in [7, 11) is -1.54. The van der Waals surface area contributed by atoms with E-state index in [4.69, 9.17) is 0 Å². The molecule has 0 saturated carbocycles. The van der Waals surface area contributed by atoms with E-state index in [0.717, 1.165) is 12.8 Å². The predicted molar refractivity (Wildman–Crippen MR) is 57.2 cm³/mol. The van der Waals surface area contributed by atoms with Gasteiger partial charge in [-0.15, -0.1) is 0 Å². The molecule has 1 fully saturated rings. The van der Waals surface area contributed by atoms with Crippen LogP contribution in [0.2, 0.25) is 0 Å². The molecule has 1 rings (SSSR count). The first-order chi connectivity index (χ1) is 6.48. The second-order valence-electron chi connectivity index (χ2n) is 4.00. The van der Waals surface area contributed by atoms with E-state index in [2.05, 4.69) is 6.92 Å². The molecule has 1 heterocycles. The summed E-state index contributed by atoms with van der Waals surface area (Å²) < 4.78 is 26.7. The van der Waals surface area contributed by atoms with Crippen molar-refractivity contribution in [3.05, 3.63) is 0 Å². The fraction of sp³-hybridized carbons (Fsp3) is 1.00. The number of hydrogen-bond acceptors (Lipinski definition) is 2. The van der Waals surface area contributed by atoms with Crippen LogP contribution in [0.5, 0.6) is 0 Å². The lowest BCUT2D eigenvalue weighted by atomic mass is 10.0. The zero-order chi connectivity index (χ0) is 10.8. The minimum atomic E-state index is -3.17. The standard InChI is InChI=1S/C9H20N2O2S/c1-4-10(3)14(12,13)11-7-5-9(2)6-8-11/h9H,4-8H2,1-3H3.